The van der Waals surface area contributed by atoms with Gasteiger partial charge in [-0.1, -0.05) is 0 Å². The van der Waals surface area contributed by atoms with Gasteiger partial charge in [-0.05, 0) is 24.3 Å². The van der Waals surface area contributed by atoms with Gasteiger partial charge in [0.1, 0.15) is 5.82 Å². The fourth-order valence-electron chi connectivity index (χ4n) is 2.55. The molecule has 1 fully saturated rings. The number of nitrogens with two attached hydrogens (primary N) is 1. The molecule has 0 saturated carbocycles. The summed E-state index contributed by atoms with van der Waals surface area (Å²) >= 11 is 0. The number of halogens is 2. The summed E-state index contributed by atoms with van der Waals surface area (Å²) in [5.74, 6) is -0.336. The summed E-state index contributed by atoms with van der Waals surface area (Å²) < 4.78 is 12.9. The predicted molar refractivity (Wildman–Crippen MR) is 93.7 cm³/mol. The van der Waals surface area contributed by atoms with Crippen molar-refractivity contribution in [2.75, 3.05) is 44.2 Å². The van der Waals surface area contributed by atoms with Crippen LogP contribution in [0.2, 0.25) is 0 Å². The van der Waals surface area contributed by atoms with Crippen molar-refractivity contribution >= 4 is 29.9 Å². The molecule has 3 N–H and O–H groups in total. The molecule has 1 aromatic carbocycles. The molecule has 0 unspecified atom stereocenters. The number of benzene rings is 1. The Labute approximate surface area is 147 Å². The van der Waals surface area contributed by atoms with Crippen molar-refractivity contribution in [2.45, 2.75) is 12.8 Å². The van der Waals surface area contributed by atoms with Gasteiger partial charge >= 0.3 is 0 Å². The first-order chi connectivity index (χ1) is 11.1. The van der Waals surface area contributed by atoms with Gasteiger partial charge in [0.25, 0.3) is 0 Å². The predicted octanol–water partition coefficient (Wildman–Crippen LogP) is 0.751. The maximum atomic E-state index is 12.9. The number of hydrogen-bond donors (Lipinski definition) is 2. The van der Waals surface area contributed by atoms with Gasteiger partial charge in [0.05, 0.1) is 0 Å². The Morgan fingerprint density at radius 1 is 1.08 bits per heavy atom. The number of carbonyl (C=O) groups is 2. The van der Waals surface area contributed by atoms with Crippen molar-refractivity contribution in [2.24, 2.45) is 5.73 Å². The van der Waals surface area contributed by atoms with E-state index in [2.05, 4.69) is 10.2 Å². The van der Waals surface area contributed by atoms with Crippen molar-refractivity contribution in [3.63, 3.8) is 0 Å². The highest BCUT2D eigenvalue weighted by molar-refractivity contribution is 5.85. The third-order valence-corrected chi connectivity index (χ3v) is 3.86. The van der Waals surface area contributed by atoms with Gasteiger partial charge in [0, 0.05) is 57.8 Å². The molecule has 0 atom stereocenters. The number of nitrogens with zero attached hydrogens (tertiary/aromatic N) is 2. The molecular formula is C16H24ClFN4O2. The molecule has 0 radical (unpaired) electrons. The highest BCUT2D eigenvalue weighted by atomic mass is 35.5. The Hall–Kier alpha value is -1.86. The first kappa shape index (κ1) is 20.2. The second-order valence-electron chi connectivity index (χ2n) is 5.48. The second-order valence-corrected chi connectivity index (χ2v) is 5.48. The highest BCUT2D eigenvalue weighted by Crippen LogP contribution is 2.17. The van der Waals surface area contributed by atoms with E-state index >= 15 is 0 Å². The lowest BCUT2D eigenvalue weighted by Gasteiger charge is -2.36. The summed E-state index contributed by atoms with van der Waals surface area (Å²) in [6.45, 7) is 3.36. The van der Waals surface area contributed by atoms with Crippen molar-refractivity contribution in [3.8, 4) is 0 Å². The van der Waals surface area contributed by atoms with Gasteiger partial charge in [0.15, 0.2) is 0 Å². The third-order valence-electron chi connectivity index (χ3n) is 3.86. The van der Waals surface area contributed by atoms with Gasteiger partial charge in [-0.2, -0.15) is 0 Å². The second kappa shape index (κ2) is 10.1. The zero-order valence-corrected chi connectivity index (χ0v) is 14.4. The number of anilines is 1. The zero-order valence-electron chi connectivity index (χ0n) is 13.5. The smallest absolute Gasteiger partial charge is 0.224 e. The molecule has 1 aliphatic rings. The number of amides is 2. The van der Waals surface area contributed by atoms with E-state index in [4.69, 9.17) is 5.73 Å². The van der Waals surface area contributed by atoms with Gasteiger partial charge in [-0.3, -0.25) is 9.59 Å². The van der Waals surface area contributed by atoms with E-state index in [0.717, 1.165) is 18.8 Å². The van der Waals surface area contributed by atoms with Crippen LogP contribution in [0, 0.1) is 5.82 Å². The lowest BCUT2D eigenvalue weighted by molar-refractivity contribution is -0.131. The molecule has 0 spiro atoms. The molecule has 2 amide bonds. The fourth-order valence-corrected chi connectivity index (χ4v) is 2.55. The molecule has 1 aromatic rings. The molecule has 1 aliphatic heterocycles. The Morgan fingerprint density at radius 3 is 2.29 bits per heavy atom. The molecule has 134 valence electrons. The van der Waals surface area contributed by atoms with E-state index in [0.29, 0.717) is 32.6 Å². The minimum absolute atomic E-state index is 0. The molecule has 24 heavy (non-hydrogen) atoms. The van der Waals surface area contributed by atoms with Crippen LogP contribution in [0.5, 0.6) is 0 Å². The summed E-state index contributed by atoms with van der Waals surface area (Å²) in [5.41, 5.74) is 6.25. The Kier molecular flexibility index (Phi) is 8.49. The monoisotopic (exact) mass is 358 g/mol. The molecular weight excluding hydrogens is 335 g/mol. The average molecular weight is 359 g/mol. The summed E-state index contributed by atoms with van der Waals surface area (Å²) in [5, 5.41) is 2.68. The normalized spacial score (nSPS) is 14.1. The quantitative estimate of drug-likeness (QED) is 0.786. The van der Waals surface area contributed by atoms with Crippen LogP contribution >= 0.6 is 12.4 Å². The van der Waals surface area contributed by atoms with Crippen LogP contribution in [0.3, 0.4) is 0 Å². The summed E-state index contributed by atoms with van der Waals surface area (Å²) in [7, 11) is 0. The van der Waals surface area contributed by atoms with E-state index in [1.165, 1.54) is 12.1 Å². The van der Waals surface area contributed by atoms with Crippen LogP contribution in [-0.2, 0) is 9.59 Å². The minimum atomic E-state index is -0.251. The lowest BCUT2D eigenvalue weighted by Crippen LogP contribution is -2.49. The third kappa shape index (κ3) is 5.98. The van der Waals surface area contributed by atoms with Gasteiger partial charge in [-0.15, -0.1) is 12.4 Å². The highest BCUT2D eigenvalue weighted by Gasteiger charge is 2.21. The van der Waals surface area contributed by atoms with E-state index in [-0.39, 0.29) is 36.5 Å². The lowest BCUT2D eigenvalue weighted by atomic mass is 10.2. The van der Waals surface area contributed by atoms with Crippen molar-refractivity contribution in [1.82, 2.24) is 10.2 Å². The van der Waals surface area contributed by atoms with E-state index in [1.807, 2.05) is 0 Å². The van der Waals surface area contributed by atoms with E-state index in [9.17, 15) is 14.0 Å². The number of piperazine rings is 1. The molecule has 2 rings (SSSR count). The maximum Gasteiger partial charge on any atom is 0.224 e. The summed E-state index contributed by atoms with van der Waals surface area (Å²) in [6.07, 6.45) is 0.581. The Morgan fingerprint density at radius 2 is 1.71 bits per heavy atom. The minimum Gasteiger partial charge on any atom is -0.368 e. The maximum absolute atomic E-state index is 12.9. The van der Waals surface area contributed by atoms with Crippen molar-refractivity contribution < 1.29 is 14.0 Å². The SMILES string of the molecule is Cl.NCCC(=O)NCCC(=O)N1CCN(c2ccc(F)cc2)CC1. The van der Waals surface area contributed by atoms with Crippen LogP contribution < -0.4 is 16.0 Å². The van der Waals surface area contributed by atoms with Crippen LogP contribution in [0.25, 0.3) is 0 Å². The van der Waals surface area contributed by atoms with Gasteiger partial charge in [0.2, 0.25) is 11.8 Å². The van der Waals surface area contributed by atoms with Gasteiger partial charge < -0.3 is 20.9 Å². The molecule has 0 aromatic heterocycles. The average Bonchev–Trinajstić information content (AvgIpc) is 2.56. The van der Waals surface area contributed by atoms with Crippen molar-refractivity contribution in [1.29, 1.82) is 0 Å². The Balaban J connectivity index is 0.00000288. The van der Waals surface area contributed by atoms with Gasteiger partial charge in [-0.25, -0.2) is 4.39 Å². The van der Waals surface area contributed by atoms with Crippen LogP contribution in [0.15, 0.2) is 24.3 Å². The molecule has 0 bridgehead atoms. The van der Waals surface area contributed by atoms with Crippen LogP contribution in [0.1, 0.15) is 12.8 Å². The molecule has 1 heterocycles. The van der Waals surface area contributed by atoms with Crippen LogP contribution in [0.4, 0.5) is 10.1 Å². The Bertz CT molecular complexity index is 533. The molecule has 1 saturated heterocycles. The van der Waals surface area contributed by atoms with Crippen molar-refractivity contribution in [3.05, 3.63) is 30.1 Å². The standard InChI is InChI=1S/C16H23FN4O2.ClH/c17-13-1-3-14(4-2-13)20-9-11-21(12-10-20)16(23)6-8-19-15(22)5-7-18;/h1-4H,5-12,18H2,(H,19,22);1H. The fraction of sp³-hybridized carbons (Fsp3) is 0.500. The zero-order chi connectivity index (χ0) is 16.7. The molecule has 8 heteroatoms. The number of nitrogens with one attached hydrogen (secondary N) is 1. The largest absolute Gasteiger partial charge is 0.368 e. The van der Waals surface area contributed by atoms with E-state index in [1.54, 1.807) is 17.0 Å². The number of hydrogen-bond acceptors (Lipinski definition) is 4. The molecule has 0 aliphatic carbocycles. The first-order valence-electron chi connectivity index (χ1n) is 7.85. The summed E-state index contributed by atoms with van der Waals surface area (Å²) in [6, 6.07) is 6.38. The topological polar surface area (TPSA) is 78.7 Å². The summed E-state index contributed by atoms with van der Waals surface area (Å²) in [4.78, 5) is 27.3. The first-order valence-corrected chi connectivity index (χ1v) is 7.85. The van der Waals surface area contributed by atoms with Crippen LogP contribution in [-0.4, -0.2) is 56.0 Å². The number of carbonyl (C=O) groups excluding carboxylic acids is 2. The number of rotatable bonds is 6. The molecule has 6 nitrogen and oxygen atoms in total. The van der Waals surface area contributed by atoms with E-state index < -0.39 is 0 Å².